The molecular weight excluding hydrogens is 142 g/mol. The minimum absolute atomic E-state index is 0.177. The lowest BCUT2D eigenvalue weighted by Crippen LogP contribution is -2.21. The van der Waals surface area contributed by atoms with E-state index in [1.807, 2.05) is 0 Å². The molecule has 1 fully saturated rings. The lowest BCUT2D eigenvalue weighted by molar-refractivity contribution is 0.179. The average Bonchev–Trinajstić information content (AvgIpc) is 2.37. The van der Waals surface area contributed by atoms with Crippen LogP contribution < -0.4 is 0 Å². The third-order valence-corrected chi connectivity index (χ3v) is 1.80. The van der Waals surface area contributed by atoms with Crippen LogP contribution in [0.3, 0.4) is 0 Å². The molecule has 0 amide bonds. The molecule has 1 N–H and O–H groups in total. The van der Waals surface area contributed by atoms with E-state index in [9.17, 15) is 4.79 Å². The van der Waals surface area contributed by atoms with Crippen LogP contribution in [0.2, 0.25) is 0 Å². The third kappa shape index (κ3) is 2.82. The van der Waals surface area contributed by atoms with E-state index in [0.29, 0.717) is 0 Å². The van der Waals surface area contributed by atoms with Crippen molar-refractivity contribution in [1.29, 1.82) is 0 Å². The molecule has 1 aliphatic heterocycles. The van der Waals surface area contributed by atoms with E-state index in [4.69, 9.17) is 5.11 Å². The number of aliphatic hydroxyl groups excluding tert-OH is 1. The van der Waals surface area contributed by atoms with Crippen LogP contribution >= 0.6 is 0 Å². The van der Waals surface area contributed by atoms with E-state index in [1.54, 1.807) is 12.4 Å². The first-order chi connectivity index (χ1) is 5.33. The molecule has 1 atom stereocenters. The summed E-state index contributed by atoms with van der Waals surface area (Å²) in [6.45, 7) is 2.39. The number of aliphatic hydroxyl groups is 1. The van der Waals surface area contributed by atoms with Crippen LogP contribution in [0, 0.1) is 0 Å². The second-order valence-electron chi connectivity index (χ2n) is 2.72. The fraction of sp³-hybridized carbons (Fsp3) is 0.625. The predicted molar refractivity (Wildman–Crippen MR) is 41.9 cm³/mol. The first-order valence-electron chi connectivity index (χ1n) is 3.76. The van der Waals surface area contributed by atoms with E-state index >= 15 is 0 Å². The van der Waals surface area contributed by atoms with Crippen molar-refractivity contribution >= 4 is 6.29 Å². The zero-order valence-electron chi connectivity index (χ0n) is 6.36. The molecule has 1 rings (SSSR count). The Hall–Kier alpha value is -0.670. The van der Waals surface area contributed by atoms with Crippen molar-refractivity contribution in [2.75, 3.05) is 19.6 Å². The first kappa shape index (κ1) is 8.43. The Balaban J connectivity index is 2.17. The van der Waals surface area contributed by atoms with Gasteiger partial charge >= 0.3 is 0 Å². The molecule has 3 nitrogen and oxygen atoms in total. The summed E-state index contributed by atoms with van der Waals surface area (Å²) in [6.07, 6.45) is 5.47. The summed E-state index contributed by atoms with van der Waals surface area (Å²) in [5.41, 5.74) is 0. The van der Waals surface area contributed by atoms with Crippen molar-refractivity contribution in [2.24, 2.45) is 0 Å². The lowest BCUT2D eigenvalue weighted by Gasteiger charge is -2.10. The largest absolute Gasteiger partial charge is 0.392 e. The van der Waals surface area contributed by atoms with Gasteiger partial charge in [-0.1, -0.05) is 6.08 Å². The molecule has 61 valence electrons. The summed E-state index contributed by atoms with van der Waals surface area (Å²) in [7, 11) is 0. The van der Waals surface area contributed by atoms with Gasteiger partial charge in [0.2, 0.25) is 6.29 Å². The lowest BCUT2D eigenvalue weighted by atomic mass is 10.3. The van der Waals surface area contributed by atoms with Crippen LogP contribution in [0.1, 0.15) is 6.42 Å². The molecule has 0 aromatic carbocycles. The van der Waals surface area contributed by atoms with Crippen molar-refractivity contribution in [3.05, 3.63) is 12.2 Å². The Morgan fingerprint density at radius 1 is 1.73 bits per heavy atom. The molecular formula is C8H12NO2. The van der Waals surface area contributed by atoms with E-state index in [-0.39, 0.29) is 6.10 Å². The highest BCUT2D eigenvalue weighted by atomic mass is 16.3. The molecule has 1 radical (unpaired) electrons. The van der Waals surface area contributed by atoms with Crippen LogP contribution in [0.25, 0.3) is 0 Å². The van der Waals surface area contributed by atoms with Crippen molar-refractivity contribution in [3.8, 4) is 0 Å². The fourth-order valence-electron chi connectivity index (χ4n) is 1.23. The summed E-state index contributed by atoms with van der Waals surface area (Å²) in [5, 5.41) is 9.11. The molecule has 0 unspecified atom stereocenters. The normalized spacial score (nSPS) is 26.5. The van der Waals surface area contributed by atoms with Gasteiger partial charge in [0.15, 0.2) is 0 Å². The van der Waals surface area contributed by atoms with Gasteiger partial charge in [-0.05, 0) is 12.5 Å². The Morgan fingerprint density at radius 3 is 3.09 bits per heavy atom. The molecule has 11 heavy (non-hydrogen) atoms. The highest BCUT2D eigenvalue weighted by molar-refractivity contribution is 5.65. The Kier molecular flexibility index (Phi) is 3.26. The number of carbonyl (C=O) groups excluding carboxylic acids is 1. The van der Waals surface area contributed by atoms with Gasteiger partial charge in [-0.2, -0.15) is 0 Å². The maximum absolute atomic E-state index is 9.76. The molecule has 0 spiro atoms. The Bertz CT molecular complexity index is 156. The average molecular weight is 154 g/mol. The predicted octanol–water partition coefficient (Wildman–Crippen LogP) is -0.281. The maximum Gasteiger partial charge on any atom is 0.225 e. The van der Waals surface area contributed by atoms with E-state index in [2.05, 4.69) is 4.90 Å². The van der Waals surface area contributed by atoms with E-state index in [1.165, 1.54) is 6.08 Å². The van der Waals surface area contributed by atoms with Gasteiger partial charge in [0.1, 0.15) is 0 Å². The topological polar surface area (TPSA) is 40.5 Å². The molecule has 1 saturated heterocycles. The summed E-state index contributed by atoms with van der Waals surface area (Å²) >= 11 is 0. The zero-order valence-corrected chi connectivity index (χ0v) is 6.36. The highest BCUT2D eigenvalue weighted by Gasteiger charge is 2.18. The Morgan fingerprint density at radius 2 is 2.55 bits per heavy atom. The van der Waals surface area contributed by atoms with Gasteiger partial charge in [0, 0.05) is 19.6 Å². The maximum atomic E-state index is 9.76. The van der Waals surface area contributed by atoms with Crippen molar-refractivity contribution in [1.82, 2.24) is 4.90 Å². The smallest absolute Gasteiger partial charge is 0.225 e. The molecule has 0 aliphatic carbocycles. The summed E-state index contributed by atoms with van der Waals surface area (Å²) in [4.78, 5) is 11.9. The van der Waals surface area contributed by atoms with E-state index < -0.39 is 0 Å². The second-order valence-corrected chi connectivity index (χ2v) is 2.72. The number of hydrogen-bond acceptors (Lipinski definition) is 3. The minimum Gasteiger partial charge on any atom is -0.392 e. The van der Waals surface area contributed by atoms with Gasteiger partial charge in [-0.25, -0.2) is 0 Å². The number of likely N-dealkylation sites (tertiary alicyclic amines) is 1. The van der Waals surface area contributed by atoms with Gasteiger partial charge < -0.3 is 5.11 Å². The summed E-state index contributed by atoms with van der Waals surface area (Å²) in [6, 6.07) is 0. The zero-order chi connectivity index (χ0) is 8.10. The second kappa shape index (κ2) is 4.26. The number of allylic oxidation sites excluding steroid dienone is 1. The van der Waals surface area contributed by atoms with Gasteiger partial charge in [0.05, 0.1) is 6.10 Å². The van der Waals surface area contributed by atoms with Gasteiger partial charge in [-0.3, -0.25) is 9.69 Å². The molecule has 0 saturated carbocycles. The van der Waals surface area contributed by atoms with Crippen LogP contribution in [0.15, 0.2) is 12.2 Å². The number of rotatable bonds is 3. The quantitative estimate of drug-likeness (QED) is 0.568. The first-order valence-corrected chi connectivity index (χ1v) is 3.76. The van der Waals surface area contributed by atoms with E-state index in [0.717, 1.165) is 26.1 Å². The SMILES string of the molecule is O=[C]/C=C/CN1CC[C@@H](O)C1. The number of hydrogen-bond donors (Lipinski definition) is 1. The van der Waals surface area contributed by atoms with Crippen molar-refractivity contribution < 1.29 is 9.90 Å². The molecule has 1 heterocycles. The molecule has 1 aliphatic rings. The molecule has 0 aromatic rings. The summed E-state index contributed by atoms with van der Waals surface area (Å²) < 4.78 is 0. The minimum atomic E-state index is -0.177. The Labute approximate surface area is 66.3 Å². The van der Waals surface area contributed by atoms with Crippen molar-refractivity contribution in [3.63, 3.8) is 0 Å². The molecule has 3 heteroatoms. The summed E-state index contributed by atoms with van der Waals surface area (Å²) in [5.74, 6) is 0. The number of β-amino-alcohol motifs (C(OH)–C–C–N with tert-alkyl or cyclic N) is 1. The van der Waals surface area contributed by atoms with Crippen LogP contribution in [0.4, 0.5) is 0 Å². The van der Waals surface area contributed by atoms with Crippen LogP contribution in [0.5, 0.6) is 0 Å². The monoisotopic (exact) mass is 154 g/mol. The number of nitrogens with zero attached hydrogens (tertiary/aromatic N) is 1. The molecule has 0 bridgehead atoms. The van der Waals surface area contributed by atoms with Crippen LogP contribution in [-0.2, 0) is 4.79 Å². The molecule has 0 aromatic heterocycles. The van der Waals surface area contributed by atoms with Crippen LogP contribution in [-0.4, -0.2) is 42.0 Å². The van der Waals surface area contributed by atoms with Crippen molar-refractivity contribution in [2.45, 2.75) is 12.5 Å². The van der Waals surface area contributed by atoms with Gasteiger partial charge in [0.25, 0.3) is 0 Å². The third-order valence-electron chi connectivity index (χ3n) is 1.80. The van der Waals surface area contributed by atoms with Gasteiger partial charge in [-0.15, -0.1) is 0 Å². The standard InChI is InChI=1S/C8H12NO2/c10-6-2-1-4-9-5-3-8(11)7-9/h1-2,8,11H,3-5,7H2/b2-1+/t8-/m1/s1. The fourth-order valence-corrected chi connectivity index (χ4v) is 1.23. The highest BCUT2D eigenvalue weighted by Crippen LogP contribution is 2.07.